The van der Waals surface area contributed by atoms with Crippen molar-refractivity contribution in [2.24, 2.45) is 7.05 Å². The number of nitrogens with zero attached hydrogens (tertiary/aromatic N) is 5. The van der Waals surface area contributed by atoms with Crippen molar-refractivity contribution < 1.29 is 32.5 Å². The molecule has 2 aromatic carbocycles. The van der Waals surface area contributed by atoms with Crippen molar-refractivity contribution in [3.63, 3.8) is 0 Å². The first-order chi connectivity index (χ1) is 18.9. The summed E-state index contributed by atoms with van der Waals surface area (Å²) in [7, 11) is 4.86. The first-order valence-electron chi connectivity index (χ1n) is 12.3. The highest BCUT2D eigenvalue weighted by Gasteiger charge is 2.55. The molecule has 0 saturated carbocycles. The van der Waals surface area contributed by atoms with Crippen LogP contribution < -0.4 is 19.7 Å². The normalized spacial score (nSPS) is 13.1. The lowest BCUT2D eigenvalue weighted by Crippen LogP contribution is -2.55. The monoisotopic (exact) mass is 558 g/mol. The summed E-state index contributed by atoms with van der Waals surface area (Å²) < 4.78 is 51.5. The quantitative estimate of drug-likeness (QED) is 0.281. The van der Waals surface area contributed by atoms with Crippen LogP contribution in [-0.4, -0.2) is 69.8 Å². The first-order valence-corrected chi connectivity index (χ1v) is 12.3. The summed E-state index contributed by atoms with van der Waals surface area (Å²) >= 11 is 0. The van der Waals surface area contributed by atoms with Gasteiger partial charge in [-0.3, -0.25) is 14.5 Å². The summed E-state index contributed by atoms with van der Waals surface area (Å²) in [6.45, 7) is 0.597. The highest BCUT2D eigenvalue weighted by molar-refractivity contribution is 5.85. The molecule has 212 valence electrons. The lowest BCUT2D eigenvalue weighted by Gasteiger charge is -2.27. The van der Waals surface area contributed by atoms with E-state index in [0.29, 0.717) is 46.5 Å². The van der Waals surface area contributed by atoms with Crippen molar-refractivity contribution in [1.29, 1.82) is 0 Å². The second-order valence-corrected chi connectivity index (χ2v) is 9.23. The molecule has 0 saturated heterocycles. The van der Waals surface area contributed by atoms with Crippen LogP contribution in [-0.2, 0) is 11.8 Å². The van der Waals surface area contributed by atoms with Crippen molar-refractivity contribution in [3.05, 3.63) is 55.0 Å². The van der Waals surface area contributed by atoms with Crippen LogP contribution in [0.1, 0.15) is 13.3 Å². The fourth-order valence-electron chi connectivity index (χ4n) is 3.96. The van der Waals surface area contributed by atoms with E-state index in [-0.39, 0.29) is 19.5 Å². The summed E-state index contributed by atoms with van der Waals surface area (Å²) in [5.41, 5.74) is 0.647. The van der Waals surface area contributed by atoms with Crippen LogP contribution in [0.2, 0.25) is 0 Å². The van der Waals surface area contributed by atoms with Gasteiger partial charge >= 0.3 is 6.18 Å². The van der Waals surface area contributed by atoms with Crippen LogP contribution in [0.4, 0.5) is 24.5 Å². The summed E-state index contributed by atoms with van der Waals surface area (Å²) in [4.78, 5) is 23.2. The molecule has 0 aliphatic rings. The first kappa shape index (κ1) is 28.6. The van der Waals surface area contributed by atoms with Gasteiger partial charge in [-0.2, -0.15) is 18.3 Å². The number of hydrogen-bond donors (Lipinski definition) is 2. The van der Waals surface area contributed by atoms with Gasteiger partial charge < -0.3 is 24.8 Å². The lowest BCUT2D eigenvalue weighted by atomic mass is 10.1. The number of aryl methyl sites for hydroxylation is 1. The molecule has 4 aromatic rings. The van der Waals surface area contributed by atoms with Gasteiger partial charge in [-0.25, -0.2) is 4.98 Å². The Labute approximate surface area is 228 Å². The Hall–Kier alpha value is -4.39. The van der Waals surface area contributed by atoms with E-state index >= 15 is 0 Å². The van der Waals surface area contributed by atoms with Crippen molar-refractivity contribution in [1.82, 2.24) is 25.1 Å². The van der Waals surface area contributed by atoms with Gasteiger partial charge in [-0.15, -0.1) is 0 Å². The number of amides is 1. The zero-order valence-corrected chi connectivity index (χ0v) is 22.4. The SMILES string of the molecule is COc1cc(OC)cc(N(CCCNC(=O)C(C)(O)C(F)(F)F)c2ccc3ncc(-c4cnn(C)c4)nc3c2)c1. The summed E-state index contributed by atoms with van der Waals surface area (Å²) in [6, 6.07) is 10.8. The van der Waals surface area contributed by atoms with Crippen molar-refractivity contribution in [2.45, 2.75) is 25.1 Å². The van der Waals surface area contributed by atoms with Gasteiger partial charge in [0.1, 0.15) is 11.5 Å². The van der Waals surface area contributed by atoms with Crippen LogP contribution in [0.15, 0.2) is 55.0 Å². The molecule has 2 N–H and O–H groups in total. The third-order valence-electron chi connectivity index (χ3n) is 6.32. The predicted molar refractivity (Wildman–Crippen MR) is 143 cm³/mol. The Bertz CT molecular complexity index is 1480. The van der Waals surface area contributed by atoms with Gasteiger partial charge in [-0.1, -0.05) is 0 Å². The molecule has 0 spiro atoms. The molecule has 0 aliphatic heterocycles. The number of alkyl halides is 3. The van der Waals surface area contributed by atoms with Crippen LogP contribution in [0.3, 0.4) is 0 Å². The molecule has 2 aromatic heterocycles. The van der Waals surface area contributed by atoms with Crippen LogP contribution in [0.5, 0.6) is 11.5 Å². The third-order valence-corrected chi connectivity index (χ3v) is 6.32. The summed E-state index contributed by atoms with van der Waals surface area (Å²) in [5, 5.41) is 16.0. The fraction of sp³-hybridized carbons (Fsp3) is 0.333. The molecule has 40 heavy (non-hydrogen) atoms. The molecular weight excluding hydrogens is 529 g/mol. The number of halogens is 3. The van der Waals surface area contributed by atoms with Crippen LogP contribution in [0.25, 0.3) is 22.3 Å². The van der Waals surface area contributed by atoms with Gasteiger partial charge in [0.25, 0.3) is 5.91 Å². The molecule has 1 atom stereocenters. The number of aromatic nitrogens is 4. The zero-order valence-electron chi connectivity index (χ0n) is 22.4. The Balaban J connectivity index is 1.64. The van der Waals surface area contributed by atoms with E-state index in [1.165, 1.54) is 14.2 Å². The average molecular weight is 559 g/mol. The Kier molecular flexibility index (Phi) is 8.14. The number of nitrogens with one attached hydrogen (secondary N) is 1. The van der Waals surface area contributed by atoms with Crippen LogP contribution >= 0.6 is 0 Å². The number of methoxy groups -OCH3 is 2. The number of fused-ring (bicyclic) bond motifs is 1. The molecule has 2 heterocycles. The third kappa shape index (κ3) is 6.09. The maximum absolute atomic E-state index is 13.0. The van der Waals surface area contributed by atoms with Crippen molar-refractivity contribution >= 4 is 28.3 Å². The summed E-state index contributed by atoms with van der Waals surface area (Å²) in [5.74, 6) is -0.444. The predicted octanol–water partition coefficient (Wildman–Crippen LogP) is 4.01. The molecule has 0 aliphatic carbocycles. The van der Waals surface area contributed by atoms with E-state index in [0.717, 1.165) is 5.56 Å². The number of hydrogen-bond acceptors (Lipinski definition) is 8. The largest absolute Gasteiger partial charge is 0.497 e. The minimum atomic E-state index is -5.10. The molecule has 0 radical (unpaired) electrons. The van der Waals surface area contributed by atoms with E-state index in [2.05, 4.69) is 15.4 Å². The van der Waals surface area contributed by atoms with E-state index in [1.54, 1.807) is 35.3 Å². The highest BCUT2D eigenvalue weighted by Crippen LogP contribution is 2.34. The Morgan fingerprint density at radius 1 is 1.05 bits per heavy atom. The molecule has 0 fully saturated rings. The Morgan fingerprint density at radius 3 is 2.35 bits per heavy atom. The molecule has 10 nitrogen and oxygen atoms in total. The molecular formula is C27H29F3N6O4. The average Bonchev–Trinajstić information content (AvgIpc) is 3.37. The van der Waals surface area contributed by atoms with Gasteiger partial charge in [-0.05, 0) is 31.5 Å². The van der Waals surface area contributed by atoms with E-state index < -0.39 is 17.7 Å². The van der Waals surface area contributed by atoms with Crippen LogP contribution in [0, 0.1) is 0 Å². The van der Waals surface area contributed by atoms with Gasteiger partial charge in [0.05, 0.1) is 43.3 Å². The smallest absolute Gasteiger partial charge is 0.426 e. The fourth-order valence-corrected chi connectivity index (χ4v) is 3.96. The zero-order chi connectivity index (χ0) is 29.1. The molecule has 4 rings (SSSR count). The molecule has 1 unspecified atom stereocenters. The Morgan fingerprint density at radius 2 is 1.75 bits per heavy atom. The van der Waals surface area contributed by atoms with Gasteiger partial charge in [0.2, 0.25) is 5.60 Å². The van der Waals surface area contributed by atoms with E-state index in [9.17, 15) is 23.1 Å². The van der Waals surface area contributed by atoms with E-state index in [4.69, 9.17) is 14.5 Å². The lowest BCUT2D eigenvalue weighted by molar-refractivity contribution is -0.245. The maximum Gasteiger partial charge on any atom is 0.426 e. The second kappa shape index (κ2) is 11.4. The van der Waals surface area contributed by atoms with Gasteiger partial charge in [0, 0.05) is 61.5 Å². The van der Waals surface area contributed by atoms with E-state index in [1.807, 2.05) is 36.3 Å². The second-order valence-electron chi connectivity index (χ2n) is 9.23. The standard InChI is InChI=1S/C27H29F3N6O4/c1-26(38,27(28,29)30)25(37)31-8-5-9-36(19-10-20(39-3)13-21(11-19)40-4)18-6-7-22-23(12-18)34-24(15-32-22)17-14-33-35(2)16-17/h6-7,10-16,38H,5,8-9H2,1-4H3,(H,31,37). The maximum atomic E-state index is 13.0. The topological polar surface area (TPSA) is 115 Å². The van der Waals surface area contributed by atoms with Crippen molar-refractivity contribution in [3.8, 4) is 22.8 Å². The highest BCUT2D eigenvalue weighted by atomic mass is 19.4. The number of carbonyl (C=O) groups excluding carboxylic acids is 1. The molecule has 13 heteroatoms. The van der Waals surface area contributed by atoms with Gasteiger partial charge in [0.15, 0.2) is 0 Å². The number of rotatable bonds is 10. The number of aliphatic hydroxyl groups is 1. The van der Waals surface area contributed by atoms with Crippen molar-refractivity contribution in [2.75, 3.05) is 32.2 Å². The minimum Gasteiger partial charge on any atom is -0.497 e. The number of benzene rings is 2. The summed E-state index contributed by atoms with van der Waals surface area (Å²) in [6.07, 6.45) is 0.347. The number of ether oxygens (including phenoxy) is 2. The molecule has 1 amide bonds. The minimum absolute atomic E-state index is 0.110. The molecule has 0 bridgehead atoms. The number of carbonyl (C=O) groups is 1. The number of anilines is 2.